The van der Waals surface area contributed by atoms with Crippen LogP contribution in [-0.4, -0.2) is 38.3 Å². The number of ether oxygens (including phenoxy) is 1. The topological polar surface area (TPSA) is 75.7 Å². The highest BCUT2D eigenvalue weighted by molar-refractivity contribution is 7.89. The first-order valence-corrected chi connectivity index (χ1v) is 9.99. The Hall–Kier alpha value is -2.38. The molecule has 1 amide bonds. The summed E-state index contributed by atoms with van der Waals surface area (Å²) in [5, 5.41) is 2.76. The first kappa shape index (κ1) is 18.4. The molecule has 0 spiro atoms. The standard InChI is InChI=1S/C19H22N2O4S/c1-15-5-4-6-16(13-15)20-19(22)14-25-17-7-9-18(10-8-17)26(23,24)21-11-2-3-12-21/h4-10,13H,2-3,11-12,14H2,1H3,(H,20,22). The van der Waals surface area contributed by atoms with E-state index in [-0.39, 0.29) is 17.4 Å². The van der Waals surface area contributed by atoms with Crippen molar-refractivity contribution in [3.63, 3.8) is 0 Å². The van der Waals surface area contributed by atoms with Gasteiger partial charge in [-0.15, -0.1) is 0 Å². The van der Waals surface area contributed by atoms with Gasteiger partial charge >= 0.3 is 0 Å². The Morgan fingerprint density at radius 1 is 1.12 bits per heavy atom. The zero-order valence-corrected chi connectivity index (χ0v) is 15.5. The van der Waals surface area contributed by atoms with E-state index in [1.807, 2.05) is 31.2 Å². The van der Waals surface area contributed by atoms with Crippen LogP contribution in [0.15, 0.2) is 53.4 Å². The molecule has 0 aromatic heterocycles. The van der Waals surface area contributed by atoms with E-state index in [0.29, 0.717) is 24.5 Å². The number of benzene rings is 2. The molecule has 1 aliphatic heterocycles. The van der Waals surface area contributed by atoms with Crippen molar-refractivity contribution in [3.05, 3.63) is 54.1 Å². The molecule has 0 atom stereocenters. The van der Waals surface area contributed by atoms with Gasteiger partial charge < -0.3 is 10.1 Å². The van der Waals surface area contributed by atoms with Crippen LogP contribution < -0.4 is 10.1 Å². The molecule has 0 saturated carbocycles. The monoisotopic (exact) mass is 374 g/mol. The summed E-state index contributed by atoms with van der Waals surface area (Å²) < 4.78 is 31.9. The molecule has 138 valence electrons. The van der Waals surface area contributed by atoms with Gasteiger partial charge in [-0.25, -0.2) is 8.42 Å². The lowest BCUT2D eigenvalue weighted by Gasteiger charge is -2.15. The minimum absolute atomic E-state index is 0.147. The van der Waals surface area contributed by atoms with Crippen molar-refractivity contribution >= 4 is 21.6 Å². The van der Waals surface area contributed by atoms with Crippen LogP contribution in [0.4, 0.5) is 5.69 Å². The molecular weight excluding hydrogens is 352 g/mol. The number of amides is 1. The minimum Gasteiger partial charge on any atom is -0.484 e. The van der Waals surface area contributed by atoms with E-state index >= 15 is 0 Å². The molecule has 1 N–H and O–H groups in total. The molecule has 0 bridgehead atoms. The zero-order valence-electron chi connectivity index (χ0n) is 14.6. The van der Waals surface area contributed by atoms with Gasteiger partial charge in [0.25, 0.3) is 5.91 Å². The van der Waals surface area contributed by atoms with Crippen molar-refractivity contribution in [1.29, 1.82) is 0 Å². The molecule has 0 radical (unpaired) electrons. The third-order valence-electron chi connectivity index (χ3n) is 4.20. The van der Waals surface area contributed by atoms with Gasteiger partial charge in [-0.2, -0.15) is 4.31 Å². The summed E-state index contributed by atoms with van der Waals surface area (Å²) in [6.07, 6.45) is 1.80. The first-order valence-electron chi connectivity index (χ1n) is 8.55. The molecule has 6 nitrogen and oxygen atoms in total. The molecule has 3 rings (SSSR count). The van der Waals surface area contributed by atoms with Gasteiger partial charge in [-0.3, -0.25) is 4.79 Å². The normalized spacial score (nSPS) is 15.0. The predicted molar refractivity (Wildman–Crippen MR) is 99.7 cm³/mol. The second-order valence-electron chi connectivity index (χ2n) is 6.29. The Morgan fingerprint density at radius 3 is 2.46 bits per heavy atom. The smallest absolute Gasteiger partial charge is 0.262 e. The first-order chi connectivity index (χ1) is 12.4. The lowest BCUT2D eigenvalue weighted by Crippen LogP contribution is -2.27. The largest absolute Gasteiger partial charge is 0.484 e. The van der Waals surface area contributed by atoms with Crippen molar-refractivity contribution in [2.45, 2.75) is 24.7 Å². The number of aryl methyl sites for hydroxylation is 1. The minimum atomic E-state index is -3.43. The van der Waals surface area contributed by atoms with Crippen LogP contribution in [0.5, 0.6) is 5.75 Å². The summed E-state index contributed by atoms with van der Waals surface area (Å²) in [7, 11) is -3.43. The lowest BCUT2D eigenvalue weighted by molar-refractivity contribution is -0.118. The van der Waals surface area contributed by atoms with E-state index in [0.717, 1.165) is 18.4 Å². The number of hydrogen-bond donors (Lipinski definition) is 1. The highest BCUT2D eigenvalue weighted by atomic mass is 32.2. The molecule has 0 aliphatic carbocycles. The number of anilines is 1. The molecule has 26 heavy (non-hydrogen) atoms. The number of rotatable bonds is 6. The summed E-state index contributed by atoms with van der Waals surface area (Å²) in [4.78, 5) is 12.2. The number of hydrogen-bond acceptors (Lipinski definition) is 4. The predicted octanol–water partition coefficient (Wildman–Crippen LogP) is 2.80. The van der Waals surface area contributed by atoms with Crippen LogP contribution in [0, 0.1) is 6.92 Å². The Kier molecular flexibility index (Phi) is 5.58. The second kappa shape index (κ2) is 7.88. The quantitative estimate of drug-likeness (QED) is 0.844. The van der Waals surface area contributed by atoms with Gasteiger partial charge in [0, 0.05) is 18.8 Å². The molecular formula is C19H22N2O4S. The van der Waals surface area contributed by atoms with Crippen molar-refractivity contribution in [3.8, 4) is 5.75 Å². The fraction of sp³-hybridized carbons (Fsp3) is 0.316. The van der Waals surface area contributed by atoms with E-state index in [4.69, 9.17) is 4.74 Å². The van der Waals surface area contributed by atoms with Gasteiger partial charge in [0.1, 0.15) is 5.75 Å². The maximum absolute atomic E-state index is 12.5. The number of carbonyl (C=O) groups excluding carboxylic acids is 1. The van der Waals surface area contributed by atoms with Gasteiger partial charge in [-0.1, -0.05) is 12.1 Å². The molecule has 1 saturated heterocycles. The number of sulfonamides is 1. The van der Waals surface area contributed by atoms with Crippen molar-refractivity contribution < 1.29 is 17.9 Å². The lowest BCUT2D eigenvalue weighted by atomic mass is 10.2. The van der Waals surface area contributed by atoms with Crippen LogP contribution in [-0.2, 0) is 14.8 Å². The highest BCUT2D eigenvalue weighted by Crippen LogP contribution is 2.23. The van der Waals surface area contributed by atoms with E-state index < -0.39 is 10.0 Å². The highest BCUT2D eigenvalue weighted by Gasteiger charge is 2.26. The number of nitrogens with one attached hydrogen (secondary N) is 1. The van der Waals surface area contributed by atoms with Gasteiger partial charge in [0.05, 0.1) is 4.90 Å². The SMILES string of the molecule is Cc1cccc(NC(=O)COc2ccc(S(=O)(=O)N3CCCC3)cc2)c1. The third kappa shape index (κ3) is 4.42. The maximum atomic E-state index is 12.5. The Labute approximate surface area is 153 Å². The van der Waals surface area contributed by atoms with Crippen LogP contribution in [0.25, 0.3) is 0 Å². The van der Waals surface area contributed by atoms with Crippen LogP contribution in [0.3, 0.4) is 0 Å². The number of nitrogens with zero attached hydrogens (tertiary/aromatic N) is 1. The Balaban J connectivity index is 1.56. The zero-order chi connectivity index (χ0) is 18.6. The Bertz CT molecular complexity index is 873. The maximum Gasteiger partial charge on any atom is 0.262 e. The summed E-state index contributed by atoms with van der Waals surface area (Å²) in [6.45, 7) is 2.94. The fourth-order valence-corrected chi connectivity index (χ4v) is 4.37. The van der Waals surface area contributed by atoms with E-state index in [1.165, 1.54) is 16.4 Å². The van der Waals surface area contributed by atoms with Crippen molar-refractivity contribution in [1.82, 2.24) is 4.31 Å². The van der Waals surface area contributed by atoms with Crippen molar-refractivity contribution in [2.24, 2.45) is 0 Å². The van der Waals surface area contributed by atoms with Crippen LogP contribution in [0.1, 0.15) is 18.4 Å². The third-order valence-corrected chi connectivity index (χ3v) is 6.11. The average Bonchev–Trinajstić information content (AvgIpc) is 3.16. The molecule has 2 aromatic rings. The molecule has 1 heterocycles. The van der Waals surface area contributed by atoms with E-state index in [9.17, 15) is 13.2 Å². The van der Waals surface area contributed by atoms with Crippen LogP contribution >= 0.6 is 0 Å². The average molecular weight is 374 g/mol. The summed E-state index contributed by atoms with van der Waals surface area (Å²) in [5.74, 6) is 0.175. The van der Waals surface area contributed by atoms with E-state index in [2.05, 4.69) is 5.32 Å². The summed E-state index contributed by atoms with van der Waals surface area (Å²) in [5.41, 5.74) is 1.77. The molecule has 2 aromatic carbocycles. The molecule has 1 fully saturated rings. The molecule has 7 heteroatoms. The van der Waals surface area contributed by atoms with Crippen molar-refractivity contribution in [2.75, 3.05) is 25.0 Å². The molecule has 1 aliphatic rings. The summed E-state index contributed by atoms with van der Waals surface area (Å²) in [6, 6.07) is 13.7. The Morgan fingerprint density at radius 2 is 1.81 bits per heavy atom. The van der Waals surface area contributed by atoms with E-state index in [1.54, 1.807) is 12.1 Å². The second-order valence-corrected chi connectivity index (χ2v) is 8.23. The molecule has 0 unspecified atom stereocenters. The van der Waals surface area contributed by atoms with Crippen LogP contribution in [0.2, 0.25) is 0 Å². The van der Waals surface area contributed by atoms with Gasteiger partial charge in [0.15, 0.2) is 6.61 Å². The van der Waals surface area contributed by atoms with Gasteiger partial charge in [-0.05, 0) is 61.7 Å². The van der Waals surface area contributed by atoms with Gasteiger partial charge in [0.2, 0.25) is 10.0 Å². The summed E-state index contributed by atoms with van der Waals surface area (Å²) >= 11 is 0. The fourth-order valence-electron chi connectivity index (χ4n) is 2.85. The number of carbonyl (C=O) groups is 1.